The highest BCUT2D eigenvalue weighted by Crippen LogP contribution is 2.44. The highest BCUT2D eigenvalue weighted by atomic mass is 32.2. The van der Waals surface area contributed by atoms with Crippen LogP contribution in [0.5, 0.6) is 0 Å². The number of alkyl halides is 1. The van der Waals surface area contributed by atoms with Gasteiger partial charge in [-0.05, 0) is 0 Å². The third-order valence-corrected chi connectivity index (χ3v) is 4.53. The lowest BCUT2D eigenvalue weighted by Crippen LogP contribution is -2.29. The van der Waals surface area contributed by atoms with Crippen LogP contribution in [0.3, 0.4) is 0 Å². The number of hydrogen-bond donors (Lipinski definition) is 2. The number of aliphatic hydroxyl groups excluding tert-OH is 2. The number of aromatic nitrogens is 4. The minimum absolute atomic E-state index is 0.260. The number of rotatable bonds is 2. The van der Waals surface area contributed by atoms with Crippen molar-refractivity contribution < 1.29 is 14.6 Å². The zero-order valence-corrected chi connectivity index (χ0v) is 10.0. The molecule has 0 unspecified atom stereocenters. The molecule has 0 aliphatic carbocycles. The maximum absolute atomic E-state index is 14.0. The number of fused-ring (bicyclic) bond motifs is 1. The summed E-state index contributed by atoms with van der Waals surface area (Å²) in [5, 5.41) is 17.6. The summed E-state index contributed by atoms with van der Waals surface area (Å²) in [7, 11) is 0. The standard InChI is InChI=1S/C10H11FN4O2S/c11-7-8(17)6(2-16)18-10(7)15-4-14-5-1-12-3-13-9(5)15/h1,3-4,6-8,10,16-17H,2H2/t6-,7+,8-,10-/m1/s1. The van der Waals surface area contributed by atoms with Crippen molar-refractivity contribution >= 4 is 22.9 Å². The maximum atomic E-state index is 14.0. The first kappa shape index (κ1) is 11.8. The van der Waals surface area contributed by atoms with Crippen molar-refractivity contribution in [3.8, 4) is 0 Å². The van der Waals surface area contributed by atoms with E-state index in [4.69, 9.17) is 5.11 Å². The SMILES string of the molecule is OC[C@H]1S[C@@H](n2cnc3cncnc32)[C@@H](F)[C@@H]1O. The fourth-order valence-electron chi connectivity index (χ4n) is 2.05. The van der Waals surface area contributed by atoms with E-state index >= 15 is 0 Å². The van der Waals surface area contributed by atoms with Crippen molar-refractivity contribution in [3.05, 3.63) is 18.9 Å². The van der Waals surface area contributed by atoms with Gasteiger partial charge < -0.3 is 10.2 Å². The van der Waals surface area contributed by atoms with Gasteiger partial charge in [0.05, 0.1) is 24.4 Å². The lowest BCUT2D eigenvalue weighted by Gasteiger charge is -2.14. The Hall–Kier alpha value is -1.25. The third kappa shape index (κ3) is 1.68. The number of halogens is 1. The molecule has 1 fully saturated rings. The first-order valence-electron chi connectivity index (χ1n) is 5.43. The van der Waals surface area contributed by atoms with E-state index in [1.165, 1.54) is 24.4 Å². The molecule has 2 aromatic heterocycles. The minimum Gasteiger partial charge on any atom is -0.395 e. The van der Waals surface area contributed by atoms with Gasteiger partial charge >= 0.3 is 0 Å². The van der Waals surface area contributed by atoms with E-state index < -0.39 is 22.9 Å². The summed E-state index contributed by atoms with van der Waals surface area (Å²) in [5.74, 6) is 0. The molecule has 6 nitrogen and oxygen atoms in total. The van der Waals surface area contributed by atoms with Crippen LogP contribution in [-0.4, -0.2) is 53.9 Å². The zero-order chi connectivity index (χ0) is 12.7. The molecule has 96 valence electrons. The van der Waals surface area contributed by atoms with Crippen LogP contribution in [0.4, 0.5) is 4.39 Å². The summed E-state index contributed by atoms with van der Waals surface area (Å²) in [4.78, 5) is 12.0. The molecular formula is C10H11FN4O2S. The zero-order valence-electron chi connectivity index (χ0n) is 9.22. The van der Waals surface area contributed by atoms with E-state index in [0.717, 1.165) is 0 Å². The summed E-state index contributed by atoms with van der Waals surface area (Å²) in [6, 6.07) is 0. The first-order chi connectivity index (χ1) is 8.72. The normalized spacial score (nSPS) is 32.2. The molecule has 2 N–H and O–H groups in total. The van der Waals surface area contributed by atoms with Crippen molar-refractivity contribution in [2.24, 2.45) is 0 Å². The molecule has 8 heteroatoms. The molecule has 0 radical (unpaired) electrons. The molecule has 0 bridgehead atoms. The van der Waals surface area contributed by atoms with Crippen LogP contribution < -0.4 is 0 Å². The Bertz CT molecular complexity index is 566. The fraction of sp³-hybridized carbons (Fsp3) is 0.500. The Balaban J connectivity index is 2.00. The number of thioether (sulfide) groups is 1. The highest BCUT2D eigenvalue weighted by molar-refractivity contribution is 8.00. The van der Waals surface area contributed by atoms with Gasteiger partial charge in [-0.2, -0.15) is 0 Å². The average molecular weight is 270 g/mol. The van der Waals surface area contributed by atoms with Gasteiger partial charge in [0, 0.05) is 0 Å². The summed E-state index contributed by atoms with van der Waals surface area (Å²) in [6.45, 7) is -0.260. The van der Waals surface area contributed by atoms with Crippen LogP contribution in [0.1, 0.15) is 5.37 Å². The predicted molar refractivity (Wildman–Crippen MR) is 63.7 cm³/mol. The Morgan fingerprint density at radius 2 is 2.28 bits per heavy atom. The molecule has 3 heterocycles. The van der Waals surface area contributed by atoms with Crippen LogP contribution in [0.25, 0.3) is 11.2 Å². The fourth-order valence-corrected chi connectivity index (χ4v) is 3.40. The minimum atomic E-state index is -1.46. The van der Waals surface area contributed by atoms with Gasteiger partial charge in [-0.25, -0.2) is 19.3 Å². The molecule has 1 aliphatic rings. The van der Waals surface area contributed by atoms with Gasteiger partial charge in [0.1, 0.15) is 23.3 Å². The van der Waals surface area contributed by atoms with Gasteiger partial charge in [0.25, 0.3) is 0 Å². The van der Waals surface area contributed by atoms with E-state index in [1.807, 2.05) is 0 Å². The van der Waals surface area contributed by atoms with Crippen molar-refractivity contribution in [3.63, 3.8) is 0 Å². The predicted octanol–water partition coefficient (Wildman–Crippen LogP) is 0.132. The quantitative estimate of drug-likeness (QED) is 0.807. The van der Waals surface area contributed by atoms with Crippen LogP contribution in [0.15, 0.2) is 18.9 Å². The molecule has 1 saturated heterocycles. The average Bonchev–Trinajstić information content (AvgIpc) is 2.93. The Morgan fingerprint density at radius 1 is 1.44 bits per heavy atom. The summed E-state index contributed by atoms with van der Waals surface area (Å²) in [6.07, 6.45) is 1.76. The van der Waals surface area contributed by atoms with Gasteiger partial charge in [-0.3, -0.25) is 4.57 Å². The number of hydrogen-bond acceptors (Lipinski definition) is 6. The van der Waals surface area contributed by atoms with E-state index in [1.54, 1.807) is 10.8 Å². The second kappa shape index (κ2) is 4.45. The molecule has 0 amide bonds. The molecule has 3 rings (SSSR count). The summed E-state index contributed by atoms with van der Waals surface area (Å²) in [5.41, 5.74) is 1.10. The largest absolute Gasteiger partial charge is 0.395 e. The molecule has 18 heavy (non-hydrogen) atoms. The summed E-state index contributed by atoms with van der Waals surface area (Å²) >= 11 is 1.19. The molecule has 0 aromatic carbocycles. The maximum Gasteiger partial charge on any atom is 0.164 e. The van der Waals surface area contributed by atoms with Crippen LogP contribution in [-0.2, 0) is 0 Å². The van der Waals surface area contributed by atoms with Crippen molar-refractivity contribution in [2.45, 2.75) is 22.9 Å². The lowest BCUT2D eigenvalue weighted by atomic mass is 10.1. The van der Waals surface area contributed by atoms with E-state index in [-0.39, 0.29) is 6.61 Å². The lowest BCUT2D eigenvalue weighted by molar-refractivity contribution is 0.0642. The number of imidazole rings is 1. The van der Waals surface area contributed by atoms with Crippen LogP contribution in [0.2, 0.25) is 0 Å². The Kier molecular flexibility index (Phi) is 2.92. The second-order valence-electron chi connectivity index (χ2n) is 4.07. The van der Waals surface area contributed by atoms with E-state index in [0.29, 0.717) is 11.2 Å². The van der Waals surface area contributed by atoms with Gasteiger partial charge in [-0.15, -0.1) is 11.8 Å². The second-order valence-corrected chi connectivity index (χ2v) is 5.43. The Morgan fingerprint density at radius 3 is 3.00 bits per heavy atom. The first-order valence-corrected chi connectivity index (χ1v) is 6.37. The molecular weight excluding hydrogens is 259 g/mol. The van der Waals surface area contributed by atoms with Crippen molar-refractivity contribution in [1.82, 2.24) is 19.5 Å². The number of aliphatic hydroxyl groups is 2. The smallest absolute Gasteiger partial charge is 0.164 e. The van der Waals surface area contributed by atoms with E-state index in [9.17, 15) is 9.50 Å². The Labute approximate surface area is 106 Å². The topological polar surface area (TPSA) is 84.1 Å². The highest BCUT2D eigenvalue weighted by Gasteiger charge is 2.44. The monoisotopic (exact) mass is 270 g/mol. The van der Waals surface area contributed by atoms with E-state index in [2.05, 4.69) is 15.0 Å². The third-order valence-electron chi connectivity index (χ3n) is 2.99. The molecule has 0 spiro atoms. The van der Waals surface area contributed by atoms with Crippen LogP contribution in [0, 0.1) is 0 Å². The molecule has 0 saturated carbocycles. The van der Waals surface area contributed by atoms with Gasteiger partial charge in [0.15, 0.2) is 11.8 Å². The summed E-state index contributed by atoms with van der Waals surface area (Å²) < 4.78 is 15.6. The van der Waals surface area contributed by atoms with Crippen molar-refractivity contribution in [2.75, 3.05) is 6.61 Å². The number of nitrogens with zero attached hydrogens (tertiary/aromatic N) is 4. The molecule has 2 aromatic rings. The molecule has 4 atom stereocenters. The molecule has 1 aliphatic heterocycles. The van der Waals surface area contributed by atoms with Crippen LogP contribution >= 0.6 is 11.8 Å². The van der Waals surface area contributed by atoms with Crippen molar-refractivity contribution in [1.29, 1.82) is 0 Å². The van der Waals surface area contributed by atoms with Gasteiger partial charge in [0.2, 0.25) is 0 Å². The van der Waals surface area contributed by atoms with Gasteiger partial charge in [-0.1, -0.05) is 0 Å².